The number of carbonyl (C=O) groups is 1. The molecule has 1 aliphatic rings. The zero-order chi connectivity index (χ0) is 26.0. The van der Waals surface area contributed by atoms with Gasteiger partial charge in [-0.2, -0.15) is 0 Å². The minimum absolute atomic E-state index is 0.178. The Kier molecular flexibility index (Phi) is 12.7. The zero-order valence-electron chi connectivity index (χ0n) is 22.0. The highest BCUT2D eigenvalue weighted by atomic mass is 32.2. The van der Waals surface area contributed by atoms with Crippen molar-refractivity contribution in [3.05, 3.63) is 20.7 Å². The highest BCUT2D eigenvalue weighted by Gasteiger charge is 2.21. The van der Waals surface area contributed by atoms with Crippen molar-refractivity contribution in [1.82, 2.24) is 9.13 Å². The number of aromatic nitrogens is 2. The van der Waals surface area contributed by atoms with Gasteiger partial charge in [0.05, 0.1) is 5.04 Å². The van der Waals surface area contributed by atoms with Gasteiger partial charge in [-0.1, -0.05) is 32.5 Å². The van der Waals surface area contributed by atoms with Crippen molar-refractivity contribution in [1.29, 1.82) is 0 Å². The smallest absolute Gasteiger partial charge is 0.330 e. The molecule has 0 aliphatic carbocycles. The number of carboxylic acids is 1. The van der Waals surface area contributed by atoms with Crippen LogP contribution in [0.2, 0.25) is 0 Å². The van der Waals surface area contributed by atoms with Crippen molar-refractivity contribution in [2.75, 3.05) is 19.0 Å². The third-order valence-corrected chi connectivity index (χ3v) is 9.02. The van der Waals surface area contributed by atoms with E-state index >= 15 is 0 Å². The second-order valence-corrected chi connectivity index (χ2v) is 11.3. The molecule has 198 valence electrons. The number of aliphatic carboxylic acids is 1. The number of ether oxygens (including phenoxy) is 1. The first-order valence-electron chi connectivity index (χ1n) is 12.9. The zero-order valence-corrected chi connectivity index (χ0v) is 23.7. The minimum Gasteiger partial charge on any atom is -0.481 e. The lowest BCUT2D eigenvalue weighted by Crippen LogP contribution is -2.28. The number of thioether (sulfide) groups is 1. The van der Waals surface area contributed by atoms with E-state index in [4.69, 9.17) is 27.1 Å². The summed E-state index contributed by atoms with van der Waals surface area (Å²) in [5.41, 5.74) is 0.651. The lowest BCUT2D eigenvalue weighted by molar-refractivity contribution is -0.137. The fraction of sp³-hybridized carbons (Fsp3) is 0.769. The molecule has 9 heteroatoms. The first-order chi connectivity index (χ1) is 16.7. The molecule has 0 radical (unpaired) electrons. The number of hydrogen-bond donors (Lipinski definition) is 1. The van der Waals surface area contributed by atoms with Gasteiger partial charge in [0.1, 0.15) is 10.5 Å². The minimum atomic E-state index is -0.750. The normalized spacial score (nSPS) is 20.0. The van der Waals surface area contributed by atoms with E-state index in [0.717, 1.165) is 68.1 Å². The average molecular weight is 526 g/mol. The molecule has 0 spiro atoms. The number of unbranched alkanes of at least 4 members (excludes halogenated alkanes) is 1. The van der Waals surface area contributed by atoms with E-state index in [-0.39, 0.29) is 18.0 Å². The monoisotopic (exact) mass is 525 g/mol. The van der Waals surface area contributed by atoms with Crippen LogP contribution in [0.4, 0.5) is 5.82 Å². The van der Waals surface area contributed by atoms with Crippen LogP contribution in [0.25, 0.3) is 0 Å². The summed E-state index contributed by atoms with van der Waals surface area (Å²) in [4.78, 5) is 28.6. The van der Waals surface area contributed by atoms with Crippen molar-refractivity contribution >= 4 is 40.8 Å². The van der Waals surface area contributed by atoms with Crippen molar-refractivity contribution in [3.8, 4) is 0 Å². The van der Waals surface area contributed by atoms with Crippen LogP contribution in [0.15, 0.2) is 9.79 Å². The second-order valence-electron chi connectivity index (χ2n) is 9.77. The molecule has 0 aromatic carbocycles. The summed E-state index contributed by atoms with van der Waals surface area (Å²) in [6.07, 6.45) is 8.10. The van der Waals surface area contributed by atoms with Crippen LogP contribution in [0.3, 0.4) is 0 Å². The summed E-state index contributed by atoms with van der Waals surface area (Å²) in [7, 11) is 3.44. The van der Waals surface area contributed by atoms with E-state index in [9.17, 15) is 9.59 Å². The summed E-state index contributed by atoms with van der Waals surface area (Å²) < 4.78 is 9.24. The third-order valence-electron chi connectivity index (χ3n) is 7.23. The van der Waals surface area contributed by atoms with Gasteiger partial charge in [-0.15, -0.1) is 11.8 Å². The topological polar surface area (TPSA) is 85.8 Å². The standard InChI is InChI=1S/C26H43N3O4S2/c1-6-20(10-7-8-12-22(30)31)24(27-23-19(3)25(34)29(5)26(32)28(23)4)35-17-9-11-21-14-16-33-15-13-18(21)2/h18,20-21H,6-17H2,1-5H3,(H,30,31)/b27-24+. The van der Waals surface area contributed by atoms with Crippen LogP contribution in [0.1, 0.15) is 77.2 Å². The van der Waals surface area contributed by atoms with E-state index in [1.807, 2.05) is 6.92 Å². The molecular formula is C26H43N3O4S2. The molecule has 1 aromatic rings. The molecule has 0 saturated carbocycles. The molecule has 1 saturated heterocycles. The first kappa shape index (κ1) is 29.8. The van der Waals surface area contributed by atoms with Crippen LogP contribution >= 0.6 is 24.0 Å². The van der Waals surface area contributed by atoms with Gasteiger partial charge in [-0.3, -0.25) is 13.9 Å². The van der Waals surface area contributed by atoms with Crippen LogP contribution in [0.5, 0.6) is 0 Å². The number of nitrogens with zero attached hydrogens (tertiary/aromatic N) is 3. The molecular weight excluding hydrogens is 482 g/mol. The molecule has 2 rings (SSSR count). The van der Waals surface area contributed by atoms with Crippen molar-refractivity contribution in [2.24, 2.45) is 36.8 Å². The molecule has 35 heavy (non-hydrogen) atoms. The van der Waals surface area contributed by atoms with Gasteiger partial charge >= 0.3 is 11.7 Å². The van der Waals surface area contributed by atoms with Crippen molar-refractivity contribution in [3.63, 3.8) is 0 Å². The van der Waals surface area contributed by atoms with E-state index in [0.29, 0.717) is 28.7 Å². The van der Waals surface area contributed by atoms with Crippen LogP contribution < -0.4 is 5.69 Å². The van der Waals surface area contributed by atoms with Gasteiger partial charge in [-0.25, -0.2) is 9.79 Å². The predicted octanol–water partition coefficient (Wildman–Crippen LogP) is 6.04. The summed E-state index contributed by atoms with van der Waals surface area (Å²) in [6, 6.07) is 0. The van der Waals surface area contributed by atoms with Crippen LogP contribution in [-0.2, 0) is 23.6 Å². The van der Waals surface area contributed by atoms with E-state index in [2.05, 4.69) is 13.8 Å². The molecule has 1 aromatic heterocycles. The maximum Gasteiger partial charge on any atom is 0.330 e. The molecule has 1 fully saturated rings. The number of rotatable bonds is 12. The summed E-state index contributed by atoms with van der Waals surface area (Å²) in [5, 5.41) is 10.0. The average Bonchev–Trinajstić information content (AvgIpc) is 3.04. The van der Waals surface area contributed by atoms with Gasteiger partial charge < -0.3 is 9.84 Å². The number of carboxylic acid groups (broad SMARTS) is 1. The Hall–Kier alpha value is -1.45. The van der Waals surface area contributed by atoms with Gasteiger partial charge in [0, 0.05) is 45.2 Å². The van der Waals surface area contributed by atoms with Gasteiger partial charge in [-0.05, 0) is 69.5 Å². The molecule has 1 N–H and O–H groups in total. The maximum atomic E-state index is 12.7. The molecule has 0 amide bonds. The summed E-state index contributed by atoms with van der Waals surface area (Å²) in [5.74, 6) is 2.48. The predicted molar refractivity (Wildman–Crippen MR) is 148 cm³/mol. The molecule has 1 aliphatic heterocycles. The van der Waals surface area contributed by atoms with E-state index in [1.54, 1.807) is 30.4 Å². The lowest BCUT2D eigenvalue weighted by atomic mass is 9.86. The van der Waals surface area contributed by atoms with E-state index in [1.165, 1.54) is 11.0 Å². The molecule has 0 bridgehead atoms. The van der Waals surface area contributed by atoms with Gasteiger partial charge in [0.2, 0.25) is 0 Å². The van der Waals surface area contributed by atoms with Crippen LogP contribution in [0, 0.1) is 29.3 Å². The number of aliphatic imine (C=N–C) groups is 1. The Labute approximate surface area is 219 Å². The quantitative estimate of drug-likeness (QED) is 0.155. The summed E-state index contributed by atoms with van der Waals surface area (Å²) in [6.45, 7) is 8.16. The molecule has 7 nitrogen and oxygen atoms in total. The van der Waals surface area contributed by atoms with Crippen molar-refractivity contribution in [2.45, 2.75) is 78.6 Å². The Morgan fingerprint density at radius 2 is 1.94 bits per heavy atom. The lowest BCUT2D eigenvalue weighted by Gasteiger charge is -2.21. The fourth-order valence-corrected chi connectivity index (χ4v) is 6.11. The largest absolute Gasteiger partial charge is 0.481 e. The maximum absolute atomic E-state index is 12.7. The highest BCUT2D eigenvalue weighted by Crippen LogP contribution is 2.30. The fourth-order valence-electron chi connectivity index (χ4n) is 4.75. The first-order valence-corrected chi connectivity index (χ1v) is 14.3. The van der Waals surface area contributed by atoms with Crippen molar-refractivity contribution < 1.29 is 14.6 Å². The Morgan fingerprint density at radius 3 is 2.63 bits per heavy atom. The van der Waals surface area contributed by atoms with Gasteiger partial charge in [0.25, 0.3) is 0 Å². The Morgan fingerprint density at radius 1 is 1.23 bits per heavy atom. The highest BCUT2D eigenvalue weighted by molar-refractivity contribution is 8.14. The van der Waals surface area contributed by atoms with Crippen LogP contribution in [-0.4, -0.2) is 44.2 Å². The molecule has 2 heterocycles. The molecule has 3 unspecified atom stereocenters. The molecule has 3 atom stereocenters. The summed E-state index contributed by atoms with van der Waals surface area (Å²) >= 11 is 7.28. The SMILES string of the molecule is CCC(CCCCC(=O)O)/C(=N\c1c(C)c(=S)n(C)c(=O)n1C)SCCCC1CCOCCC1C. The Balaban J connectivity index is 2.21. The second kappa shape index (κ2) is 15.0. The Bertz CT molecular complexity index is 949. The van der Waals surface area contributed by atoms with Gasteiger partial charge in [0.15, 0.2) is 0 Å². The number of hydrogen-bond acceptors (Lipinski definition) is 6. The van der Waals surface area contributed by atoms with E-state index < -0.39 is 5.97 Å². The third kappa shape index (κ3) is 8.86.